The highest BCUT2D eigenvalue weighted by atomic mass is 79.9. The highest BCUT2D eigenvalue weighted by Crippen LogP contribution is 2.27. The summed E-state index contributed by atoms with van der Waals surface area (Å²) in [5, 5.41) is 9.52. The van der Waals surface area contributed by atoms with Crippen LogP contribution in [-0.2, 0) is 14.4 Å². The number of hydrogen-bond acceptors (Lipinski definition) is 4. The molecule has 0 spiro atoms. The van der Waals surface area contributed by atoms with Crippen molar-refractivity contribution in [2.75, 3.05) is 4.90 Å². The summed E-state index contributed by atoms with van der Waals surface area (Å²) in [6.07, 6.45) is 0. The van der Waals surface area contributed by atoms with Crippen molar-refractivity contribution >= 4 is 39.2 Å². The third-order valence-corrected chi connectivity index (χ3v) is 3.02. The van der Waals surface area contributed by atoms with Gasteiger partial charge in [0.25, 0.3) is 5.91 Å². The van der Waals surface area contributed by atoms with Crippen LogP contribution in [0.15, 0.2) is 40.1 Å². The monoisotopic (exact) mass is 309 g/mol. The van der Waals surface area contributed by atoms with E-state index in [0.29, 0.717) is 5.69 Å². The van der Waals surface area contributed by atoms with E-state index in [1.807, 2.05) is 0 Å². The van der Waals surface area contributed by atoms with Crippen LogP contribution in [-0.4, -0.2) is 22.7 Å². The molecule has 2 amide bonds. The van der Waals surface area contributed by atoms with Gasteiger partial charge in [0.05, 0.1) is 5.69 Å². The average molecular weight is 310 g/mol. The Labute approximate surface area is 111 Å². The van der Waals surface area contributed by atoms with Crippen LogP contribution in [0.2, 0.25) is 0 Å². The van der Waals surface area contributed by atoms with E-state index in [-0.39, 0.29) is 0 Å². The lowest BCUT2D eigenvalue weighted by Gasteiger charge is -2.13. The summed E-state index contributed by atoms with van der Waals surface area (Å²) < 4.78 is 0.786. The van der Waals surface area contributed by atoms with Gasteiger partial charge in [-0.1, -0.05) is 15.9 Å². The molecule has 1 aliphatic rings. The molecular weight excluding hydrogens is 302 g/mol. The van der Waals surface area contributed by atoms with E-state index in [1.54, 1.807) is 12.1 Å². The minimum Gasteiger partial charge on any atom is -0.502 e. The molecule has 0 atom stereocenters. The number of amides is 2. The number of halogens is 1. The van der Waals surface area contributed by atoms with E-state index >= 15 is 0 Å². The number of ketones is 1. The maximum absolute atomic E-state index is 11.9. The largest absolute Gasteiger partial charge is 0.502 e. The van der Waals surface area contributed by atoms with Crippen LogP contribution in [0.3, 0.4) is 0 Å². The number of nitrogens with zero attached hydrogens (tertiary/aromatic N) is 1. The van der Waals surface area contributed by atoms with Crippen molar-refractivity contribution in [2.45, 2.75) is 6.92 Å². The molecule has 2 rings (SSSR count). The number of carbonyl (C=O) groups excluding carboxylic acids is 3. The van der Waals surface area contributed by atoms with Gasteiger partial charge in [-0.2, -0.15) is 0 Å². The molecule has 0 saturated heterocycles. The van der Waals surface area contributed by atoms with Gasteiger partial charge in [-0.25, -0.2) is 4.90 Å². The van der Waals surface area contributed by atoms with Gasteiger partial charge in [0.1, 0.15) is 5.57 Å². The van der Waals surface area contributed by atoms with E-state index in [1.165, 1.54) is 12.1 Å². The zero-order chi connectivity index (χ0) is 13.4. The minimum absolute atomic E-state index is 0.302. The quantitative estimate of drug-likeness (QED) is 0.667. The molecule has 18 heavy (non-hydrogen) atoms. The first kappa shape index (κ1) is 12.5. The number of imide groups is 1. The standard InChI is InChI=1S/C12H8BrNO4/c1-6(15)9-10(16)12(18)14(11(9)17)8-4-2-7(13)3-5-8/h2-5,16H,1H3. The van der Waals surface area contributed by atoms with Crippen molar-refractivity contribution in [3.63, 3.8) is 0 Å². The first-order valence-corrected chi connectivity index (χ1v) is 5.81. The second kappa shape index (κ2) is 4.38. The molecule has 0 aromatic heterocycles. The van der Waals surface area contributed by atoms with Crippen molar-refractivity contribution in [3.8, 4) is 0 Å². The normalized spacial score (nSPS) is 15.6. The van der Waals surface area contributed by atoms with Crippen LogP contribution >= 0.6 is 15.9 Å². The average Bonchev–Trinajstić information content (AvgIpc) is 2.52. The van der Waals surface area contributed by atoms with Crippen molar-refractivity contribution in [1.82, 2.24) is 0 Å². The van der Waals surface area contributed by atoms with Crippen molar-refractivity contribution < 1.29 is 19.5 Å². The van der Waals surface area contributed by atoms with Crippen molar-refractivity contribution in [1.29, 1.82) is 0 Å². The van der Waals surface area contributed by atoms with Gasteiger partial charge in [-0.05, 0) is 31.2 Å². The number of Topliss-reactive ketones (excluding diaryl/α,β-unsaturated/α-hetero) is 1. The summed E-state index contributed by atoms with van der Waals surface area (Å²) >= 11 is 3.23. The molecular formula is C12H8BrNO4. The van der Waals surface area contributed by atoms with Crippen molar-refractivity contribution in [3.05, 3.63) is 40.1 Å². The van der Waals surface area contributed by atoms with Gasteiger partial charge < -0.3 is 5.11 Å². The summed E-state index contributed by atoms with van der Waals surface area (Å²) in [6, 6.07) is 6.38. The van der Waals surface area contributed by atoms with Gasteiger partial charge in [-0.15, -0.1) is 0 Å². The second-order valence-electron chi connectivity index (χ2n) is 3.70. The fourth-order valence-electron chi connectivity index (χ4n) is 1.66. The number of carbonyl (C=O) groups is 3. The molecule has 0 unspecified atom stereocenters. The van der Waals surface area contributed by atoms with Crippen LogP contribution in [0.1, 0.15) is 6.92 Å². The molecule has 1 aliphatic heterocycles. The van der Waals surface area contributed by atoms with E-state index in [4.69, 9.17) is 0 Å². The third kappa shape index (κ3) is 1.84. The Bertz CT molecular complexity index is 589. The Morgan fingerprint density at radius 3 is 2.17 bits per heavy atom. The molecule has 0 bridgehead atoms. The van der Waals surface area contributed by atoms with Crippen LogP contribution in [0, 0.1) is 0 Å². The smallest absolute Gasteiger partial charge is 0.301 e. The van der Waals surface area contributed by atoms with Gasteiger partial charge in [0, 0.05) is 4.47 Å². The predicted octanol–water partition coefficient (Wildman–Crippen LogP) is 1.72. The highest BCUT2D eigenvalue weighted by Gasteiger charge is 2.41. The van der Waals surface area contributed by atoms with Gasteiger partial charge in [-0.3, -0.25) is 14.4 Å². The highest BCUT2D eigenvalue weighted by molar-refractivity contribution is 9.10. The lowest BCUT2D eigenvalue weighted by Crippen LogP contribution is -2.32. The van der Waals surface area contributed by atoms with E-state index in [0.717, 1.165) is 16.3 Å². The lowest BCUT2D eigenvalue weighted by molar-refractivity contribution is -0.122. The Hall–Kier alpha value is -1.95. The molecule has 1 heterocycles. The molecule has 0 aliphatic carbocycles. The Morgan fingerprint density at radius 1 is 1.17 bits per heavy atom. The fraction of sp³-hybridized carbons (Fsp3) is 0.0833. The van der Waals surface area contributed by atoms with Gasteiger partial charge in [0.2, 0.25) is 0 Å². The number of anilines is 1. The van der Waals surface area contributed by atoms with E-state index in [9.17, 15) is 19.5 Å². The molecule has 92 valence electrons. The van der Waals surface area contributed by atoms with E-state index in [2.05, 4.69) is 15.9 Å². The van der Waals surface area contributed by atoms with E-state index < -0.39 is 28.9 Å². The van der Waals surface area contributed by atoms with Crippen LogP contribution in [0.25, 0.3) is 0 Å². The summed E-state index contributed by atoms with van der Waals surface area (Å²) in [5.41, 5.74) is -0.168. The number of aliphatic hydroxyl groups excluding tert-OH is 1. The zero-order valence-corrected chi connectivity index (χ0v) is 10.9. The molecule has 0 fully saturated rings. The first-order valence-electron chi connectivity index (χ1n) is 5.02. The predicted molar refractivity (Wildman–Crippen MR) is 67.0 cm³/mol. The molecule has 5 nitrogen and oxygen atoms in total. The number of hydrogen-bond donors (Lipinski definition) is 1. The summed E-state index contributed by atoms with van der Waals surface area (Å²) in [7, 11) is 0. The number of aliphatic hydroxyl groups is 1. The number of rotatable bonds is 2. The van der Waals surface area contributed by atoms with Crippen LogP contribution < -0.4 is 4.90 Å². The Balaban J connectivity index is 2.45. The molecule has 1 aromatic rings. The number of benzene rings is 1. The third-order valence-electron chi connectivity index (χ3n) is 2.50. The molecule has 0 radical (unpaired) electrons. The fourth-order valence-corrected chi connectivity index (χ4v) is 1.92. The van der Waals surface area contributed by atoms with Crippen molar-refractivity contribution in [2.24, 2.45) is 0 Å². The topological polar surface area (TPSA) is 74.7 Å². The molecule has 6 heteroatoms. The SMILES string of the molecule is CC(=O)C1=C(O)C(=O)N(c2ccc(Br)cc2)C1=O. The lowest BCUT2D eigenvalue weighted by atomic mass is 10.2. The summed E-state index contributed by atoms with van der Waals surface area (Å²) in [5.74, 6) is -3.11. The Kier molecular flexibility index (Phi) is 3.04. The van der Waals surface area contributed by atoms with Crippen LogP contribution in [0.5, 0.6) is 0 Å². The zero-order valence-electron chi connectivity index (χ0n) is 9.31. The maximum atomic E-state index is 11.9. The summed E-state index contributed by atoms with van der Waals surface area (Å²) in [4.78, 5) is 35.7. The molecule has 1 N–H and O–H groups in total. The maximum Gasteiger partial charge on any atom is 0.301 e. The van der Waals surface area contributed by atoms with Gasteiger partial charge >= 0.3 is 5.91 Å². The van der Waals surface area contributed by atoms with Gasteiger partial charge in [0.15, 0.2) is 11.5 Å². The first-order chi connectivity index (χ1) is 8.43. The summed E-state index contributed by atoms with van der Waals surface area (Å²) in [6.45, 7) is 1.13. The second-order valence-corrected chi connectivity index (χ2v) is 4.62. The molecule has 0 saturated carbocycles. The minimum atomic E-state index is -0.882. The Morgan fingerprint density at radius 2 is 1.72 bits per heavy atom. The molecule has 1 aromatic carbocycles. The van der Waals surface area contributed by atoms with Crippen LogP contribution in [0.4, 0.5) is 5.69 Å².